The normalized spacial score (nSPS) is 25.5. The molecule has 0 aromatic heterocycles. The SMILES string of the molecule is CCC1CCCCCN1C(CC)CC(N)=NO. The zero-order valence-electron chi connectivity index (χ0n) is 11.2. The van der Waals surface area contributed by atoms with E-state index in [9.17, 15) is 0 Å². The number of nitrogens with two attached hydrogens (primary N) is 1. The molecular weight excluding hydrogens is 214 g/mol. The Morgan fingerprint density at radius 3 is 2.76 bits per heavy atom. The monoisotopic (exact) mass is 241 g/mol. The van der Waals surface area contributed by atoms with Gasteiger partial charge >= 0.3 is 0 Å². The molecule has 1 heterocycles. The molecule has 0 aromatic rings. The second-order valence-corrected chi connectivity index (χ2v) is 5.01. The standard InChI is InChI=1S/C13H27N3O/c1-3-11-8-6-5-7-9-16(11)12(4-2)10-13(14)15-17/h11-12,17H,3-10H2,1-2H3,(H2,14,15). The van der Waals surface area contributed by atoms with Crippen molar-refractivity contribution >= 4 is 5.84 Å². The maximum absolute atomic E-state index is 8.70. The quantitative estimate of drug-likeness (QED) is 0.336. The largest absolute Gasteiger partial charge is 0.409 e. The van der Waals surface area contributed by atoms with Crippen LogP contribution in [0, 0.1) is 0 Å². The summed E-state index contributed by atoms with van der Waals surface area (Å²) in [6, 6.07) is 1.10. The Balaban J connectivity index is 2.68. The first-order chi connectivity index (χ1) is 8.22. The Labute approximate surface area is 105 Å². The Morgan fingerprint density at radius 2 is 2.18 bits per heavy atom. The van der Waals surface area contributed by atoms with Crippen molar-refractivity contribution in [1.29, 1.82) is 0 Å². The number of oxime groups is 1. The van der Waals surface area contributed by atoms with Crippen molar-refractivity contribution < 1.29 is 5.21 Å². The number of nitrogens with zero attached hydrogens (tertiary/aromatic N) is 2. The fraction of sp³-hybridized carbons (Fsp3) is 0.923. The number of hydrogen-bond acceptors (Lipinski definition) is 3. The molecule has 4 heteroatoms. The minimum absolute atomic E-state index is 0.357. The summed E-state index contributed by atoms with van der Waals surface area (Å²) in [5.74, 6) is 0.357. The van der Waals surface area contributed by atoms with Crippen molar-refractivity contribution in [3.05, 3.63) is 0 Å². The molecule has 1 aliphatic rings. The van der Waals surface area contributed by atoms with Crippen molar-refractivity contribution in [2.45, 2.75) is 70.9 Å². The average molecular weight is 241 g/mol. The van der Waals surface area contributed by atoms with Crippen LogP contribution in [0.4, 0.5) is 0 Å². The van der Waals surface area contributed by atoms with Gasteiger partial charge in [0, 0.05) is 18.5 Å². The first-order valence-electron chi connectivity index (χ1n) is 6.95. The second kappa shape index (κ2) is 7.54. The maximum Gasteiger partial charge on any atom is 0.140 e. The number of likely N-dealkylation sites (tertiary alicyclic amines) is 1. The Kier molecular flexibility index (Phi) is 6.34. The molecule has 1 fully saturated rings. The van der Waals surface area contributed by atoms with Crippen LogP contribution in [0.3, 0.4) is 0 Å². The van der Waals surface area contributed by atoms with Crippen molar-refractivity contribution in [3.63, 3.8) is 0 Å². The highest BCUT2D eigenvalue weighted by molar-refractivity contribution is 5.80. The molecule has 2 atom stereocenters. The van der Waals surface area contributed by atoms with E-state index in [0.29, 0.717) is 24.3 Å². The predicted octanol–water partition coefficient (Wildman–Crippen LogP) is 2.56. The summed E-state index contributed by atoms with van der Waals surface area (Å²) in [5.41, 5.74) is 5.66. The van der Waals surface area contributed by atoms with Crippen LogP contribution in [0.1, 0.15) is 58.8 Å². The van der Waals surface area contributed by atoms with Crippen molar-refractivity contribution in [1.82, 2.24) is 4.90 Å². The molecule has 17 heavy (non-hydrogen) atoms. The third-order valence-corrected chi connectivity index (χ3v) is 3.91. The summed E-state index contributed by atoms with van der Waals surface area (Å²) in [7, 11) is 0. The highest BCUT2D eigenvalue weighted by atomic mass is 16.4. The van der Waals surface area contributed by atoms with Crippen LogP contribution in [0.2, 0.25) is 0 Å². The van der Waals surface area contributed by atoms with E-state index in [1.54, 1.807) is 0 Å². The van der Waals surface area contributed by atoms with E-state index >= 15 is 0 Å². The molecule has 2 unspecified atom stereocenters. The van der Waals surface area contributed by atoms with Crippen LogP contribution < -0.4 is 5.73 Å². The van der Waals surface area contributed by atoms with E-state index in [0.717, 1.165) is 13.0 Å². The van der Waals surface area contributed by atoms with Crippen molar-refractivity contribution in [3.8, 4) is 0 Å². The minimum atomic E-state index is 0.357. The zero-order valence-corrected chi connectivity index (χ0v) is 11.2. The zero-order chi connectivity index (χ0) is 12.7. The molecular formula is C13H27N3O. The van der Waals surface area contributed by atoms with Crippen LogP contribution >= 0.6 is 0 Å². The van der Waals surface area contributed by atoms with Gasteiger partial charge in [-0.05, 0) is 32.2 Å². The van der Waals surface area contributed by atoms with E-state index < -0.39 is 0 Å². The lowest BCUT2D eigenvalue weighted by molar-refractivity contribution is 0.131. The lowest BCUT2D eigenvalue weighted by Gasteiger charge is -2.36. The van der Waals surface area contributed by atoms with Crippen molar-refractivity contribution in [2.75, 3.05) is 6.54 Å². The van der Waals surface area contributed by atoms with Gasteiger partial charge in [-0.2, -0.15) is 0 Å². The van der Waals surface area contributed by atoms with Gasteiger partial charge in [-0.25, -0.2) is 0 Å². The average Bonchev–Trinajstić information content (AvgIpc) is 2.60. The number of rotatable bonds is 5. The van der Waals surface area contributed by atoms with Crippen LogP contribution in [0.15, 0.2) is 5.16 Å². The molecule has 0 aliphatic carbocycles. The van der Waals surface area contributed by atoms with Gasteiger partial charge in [0.1, 0.15) is 5.84 Å². The highest BCUT2D eigenvalue weighted by Gasteiger charge is 2.26. The third-order valence-electron chi connectivity index (χ3n) is 3.91. The van der Waals surface area contributed by atoms with Crippen LogP contribution in [0.25, 0.3) is 0 Å². The molecule has 1 saturated heterocycles. The summed E-state index contributed by atoms with van der Waals surface area (Å²) in [5, 5.41) is 11.8. The van der Waals surface area contributed by atoms with Gasteiger partial charge in [0.25, 0.3) is 0 Å². The molecule has 0 aromatic carbocycles. The van der Waals surface area contributed by atoms with Crippen LogP contribution in [-0.2, 0) is 0 Å². The third kappa shape index (κ3) is 4.19. The molecule has 1 aliphatic heterocycles. The lowest BCUT2D eigenvalue weighted by atomic mass is 10.0. The van der Waals surface area contributed by atoms with E-state index in [-0.39, 0.29) is 0 Å². The topological polar surface area (TPSA) is 61.8 Å². The molecule has 1 rings (SSSR count). The summed E-state index contributed by atoms with van der Waals surface area (Å²) in [6.07, 6.45) is 8.21. The summed E-state index contributed by atoms with van der Waals surface area (Å²) in [6.45, 7) is 5.61. The molecule has 0 bridgehead atoms. The maximum atomic E-state index is 8.70. The fourth-order valence-electron chi connectivity index (χ4n) is 2.90. The second-order valence-electron chi connectivity index (χ2n) is 5.01. The van der Waals surface area contributed by atoms with E-state index in [1.807, 2.05) is 0 Å². The van der Waals surface area contributed by atoms with Crippen molar-refractivity contribution in [2.24, 2.45) is 10.9 Å². The molecule has 0 saturated carbocycles. The molecule has 100 valence electrons. The Morgan fingerprint density at radius 1 is 1.41 bits per heavy atom. The number of hydrogen-bond donors (Lipinski definition) is 2. The number of amidine groups is 1. The fourth-order valence-corrected chi connectivity index (χ4v) is 2.90. The Bertz CT molecular complexity index is 243. The molecule has 0 spiro atoms. The smallest absolute Gasteiger partial charge is 0.140 e. The molecule has 0 radical (unpaired) electrons. The predicted molar refractivity (Wildman–Crippen MR) is 71.4 cm³/mol. The molecule has 0 amide bonds. The van der Waals surface area contributed by atoms with Gasteiger partial charge in [0.15, 0.2) is 0 Å². The van der Waals surface area contributed by atoms with Gasteiger partial charge < -0.3 is 10.9 Å². The minimum Gasteiger partial charge on any atom is -0.409 e. The van der Waals surface area contributed by atoms with Gasteiger partial charge in [-0.1, -0.05) is 31.8 Å². The van der Waals surface area contributed by atoms with Gasteiger partial charge in [0.05, 0.1) is 0 Å². The van der Waals surface area contributed by atoms with Gasteiger partial charge in [-0.3, -0.25) is 4.90 Å². The molecule has 3 N–H and O–H groups in total. The highest BCUT2D eigenvalue weighted by Crippen LogP contribution is 2.23. The summed E-state index contributed by atoms with van der Waals surface area (Å²) < 4.78 is 0. The van der Waals surface area contributed by atoms with E-state index in [2.05, 4.69) is 23.9 Å². The Hall–Kier alpha value is -0.770. The molecule has 4 nitrogen and oxygen atoms in total. The first-order valence-corrected chi connectivity index (χ1v) is 6.95. The van der Waals surface area contributed by atoms with Crippen LogP contribution in [0.5, 0.6) is 0 Å². The lowest BCUT2D eigenvalue weighted by Crippen LogP contribution is -2.44. The summed E-state index contributed by atoms with van der Waals surface area (Å²) >= 11 is 0. The van der Waals surface area contributed by atoms with E-state index in [4.69, 9.17) is 10.9 Å². The van der Waals surface area contributed by atoms with Gasteiger partial charge in [-0.15, -0.1) is 0 Å². The first kappa shape index (κ1) is 14.3. The van der Waals surface area contributed by atoms with E-state index in [1.165, 1.54) is 32.1 Å². The van der Waals surface area contributed by atoms with Crippen LogP contribution in [-0.4, -0.2) is 34.6 Å². The van der Waals surface area contributed by atoms with Gasteiger partial charge in [0.2, 0.25) is 0 Å². The summed E-state index contributed by atoms with van der Waals surface area (Å²) in [4.78, 5) is 2.59.